The van der Waals surface area contributed by atoms with E-state index in [1.54, 1.807) is 11.1 Å². The van der Waals surface area contributed by atoms with Crippen LogP contribution in [0, 0.1) is 0 Å². The second kappa shape index (κ2) is 7.38. The van der Waals surface area contributed by atoms with Crippen molar-refractivity contribution in [1.29, 1.82) is 0 Å². The van der Waals surface area contributed by atoms with Gasteiger partial charge in [0.2, 0.25) is 0 Å². The Morgan fingerprint density at radius 2 is 1.33 bits per heavy atom. The molecular weight excluding hydrogens is 220 g/mol. The van der Waals surface area contributed by atoms with E-state index in [-0.39, 0.29) is 6.10 Å². The molecule has 0 bridgehead atoms. The van der Waals surface area contributed by atoms with Crippen LogP contribution in [0.25, 0.3) is 0 Å². The zero-order valence-electron chi connectivity index (χ0n) is 12.2. The zero-order valence-corrected chi connectivity index (χ0v) is 12.2. The molecule has 0 amide bonds. The van der Waals surface area contributed by atoms with Crippen molar-refractivity contribution >= 4 is 0 Å². The first-order valence-corrected chi connectivity index (χ1v) is 6.98. The fourth-order valence-electron chi connectivity index (χ4n) is 2.06. The summed E-state index contributed by atoms with van der Waals surface area (Å²) in [4.78, 5) is 0. The molecule has 0 saturated heterocycles. The highest BCUT2D eigenvalue weighted by molar-refractivity contribution is 5.39. The van der Waals surface area contributed by atoms with Crippen LogP contribution in [0.15, 0.2) is 35.4 Å². The molecule has 1 aromatic rings. The maximum absolute atomic E-state index is 8.67. The van der Waals surface area contributed by atoms with Gasteiger partial charge in [0.25, 0.3) is 0 Å². The highest BCUT2D eigenvalue weighted by Gasteiger charge is 2.10. The van der Waals surface area contributed by atoms with Crippen molar-refractivity contribution in [1.82, 2.24) is 0 Å². The molecule has 0 fully saturated rings. The van der Waals surface area contributed by atoms with Gasteiger partial charge in [0.05, 0.1) is 6.10 Å². The number of benzene rings is 1. The maximum atomic E-state index is 8.67. The van der Waals surface area contributed by atoms with E-state index >= 15 is 0 Å². The third kappa shape index (κ3) is 4.30. The van der Waals surface area contributed by atoms with E-state index in [1.165, 1.54) is 11.1 Å². The minimum absolute atomic E-state index is 0.0648. The summed E-state index contributed by atoms with van der Waals surface area (Å²) in [7, 11) is 0. The molecule has 0 spiro atoms. The van der Waals surface area contributed by atoms with Gasteiger partial charge in [-0.3, -0.25) is 0 Å². The van der Waals surface area contributed by atoms with Crippen molar-refractivity contribution in [3.05, 3.63) is 46.5 Å². The normalized spacial score (nSPS) is 14.1. The Hall–Kier alpha value is -1.08. The number of hydrogen-bond donors (Lipinski definition) is 1. The topological polar surface area (TPSA) is 20.2 Å². The van der Waals surface area contributed by atoms with E-state index in [0.717, 1.165) is 25.7 Å². The minimum Gasteiger partial charge on any atom is -0.393 e. The van der Waals surface area contributed by atoms with Crippen molar-refractivity contribution in [2.24, 2.45) is 0 Å². The van der Waals surface area contributed by atoms with Crippen molar-refractivity contribution in [2.45, 2.75) is 59.5 Å². The van der Waals surface area contributed by atoms with Gasteiger partial charge < -0.3 is 5.11 Å². The van der Waals surface area contributed by atoms with Gasteiger partial charge in [-0.05, 0) is 50.7 Å². The largest absolute Gasteiger partial charge is 0.393 e. The van der Waals surface area contributed by atoms with E-state index in [4.69, 9.17) is 5.11 Å². The van der Waals surface area contributed by atoms with Crippen LogP contribution in [0.1, 0.15) is 51.7 Å². The van der Waals surface area contributed by atoms with Gasteiger partial charge >= 0.3 is 0 Å². The van der Waals surface area contributed by atoms with Gasteiger partial charge in [-0.1, -0.05) is 49.3 Å². The summed E-state index contributed by atoms with van der Waals surface area (Å²) in [5.41, 5.74) is 6.13. The van der Waals surface area contributed by atoms with Gasteiger partial charge in [0, 0.05) is 0 Å². The van der Waals surface area contributed by atoms with Crippen molar-refractivity contribution in [3.63, 3.8) is 0 Å². The lowest BCUT2D eigenvalue weighted by Crippen LogP contribution is -2.04. The predicted octanol–water partition coefficient (Wildman–Crippen LogP) is 4.29. The molecule has 2 rings (SSSR count). The first-order valence-electron chi connectivity index (χ1n) is 6.98. The molecule has 0 heterocycles. The van der Waals surface area contributed by atoms with E-state index in [2.05, 4.69) is 38.1 Å². The molecular formula is C17H26O. The Kier molecular flexibility index (Phi) is 6.14. The van der Waals surface area contributed by atoms with Crippen LogP contribution >= 0.6 is 0 Å². The van der Waals surface area contributed by atoms with Crippen LogP contribution < -0.4 is 0 Å². The van der Waals surface area contributed by atoms with Gasteiger partial charge in [-0.25, -0.2) is 0 Å². The number of aliphatic hydroxyl groups is 1. The molecule has 0 radical (unpaired) electrons. The first kappa shape index (κ1) is 15.0. The molecule has 0 saturated carbocycles. The SMILES string of the molecule is CC1=C(C)Cc2ccccc2C1.CCC(O)CC. The van der Waals surface area contributed by atoms with Crippen LogP contribution in [0.5, 0.6) is 0 Å². The Morgan fingerprint density at radius 3 is 1.61 bits per heavy atom. The molecule has 0 aliphatic heterocycles. The molecule has 0 atom stereocenters. The molecule has 1 aliphatic carbocycles. The number of aliphatic hydroxyl groups excluding tert-OH is 1. The molecule has 1 N–H and O–H groups in total. The molecule has 0 aromatic heterocycles. The molecule has 0 unspecified atom stereocenters. The van der Waals surface area contributed by atoms with Crippen molar-refractivity contribution in [3.8, 4) is 0 Å². The maximum Gasteiger partial charge on any atom is 0.0535 e. The highest BCUT2D eigenvalue weighted by Crippen LogP contribution is 2.24. The quantitative estimate of drug-likeness (QED) is 0.772. The van der Waals surface area contributed by atoms with Crippen LogP contribution in [-0.4, -0.2) is 11.2 Å². The lowest BCUT2D eigenvalue weighted by Gasteiger charge is -2.18. The molecule has 18 heavy (non-hydrogen) atoms. The van der Waals surface area contributed by atoms with E-state index in [9.17, 15) is 0 Å². The number of rotatable bonds is 2. The van der Waals surface area contributed by atoms with Crippen molar-refractivity contribution < 1.29 is 5.11 Å². The predicted molar refractivity (Wildman–Crippen MR) is 78.8 cm³/mol. The lowest BCUT2D eigenvalue weighted by molar-refractivity contribution is 0.166. The highest BCUT2D eigenvalue weighted by atomic mass is 16.3. The van der Waals surface area contributed by atoms with Crippen LogP contribution in [0.4, 0.5) is 0 Å². The summed E-state index contributed by atoms with van der Waals surface area (Å²) >= 11 is 0. The summed E-state index contributed by atoms with van der Waals surface area (Å²) in [6.07, 6.45) is 4.02. The average molecular weight is 246 g/mol. The molecule has 100 valence electrons. The Bertz CT molecular complexity index is 367. The Balaban J connectivity index is 0.000000232. The van der Waals surface area contributed by atoms with E-state index in [1.807, 2.05) is 13.8 Å². The average Bonchev–Trinajstić information content (AvgIpc) is 2.40. The van der Waals surface area contributed by atoms with E-state index < -0.39 is 0 Å². The fourth-order valence-corrected chi connectivity index (χ4v) is 2.06. The summed E-state index contributed by atoms with van der Waals surface area (Å²) in [5, 5.41) is 8.67. The Labute approximate surface area is 112 Å². The van der Waals surface area contributed by atoms with Crippen LogP contribution in [-0.2, 0) is 12.8 Å². The van der Waals surface area contributed by atoms with Crippen LogP contribution in [0.2, 0.25) is 0 Å². The second-order valence-corrected chi connectivity index (χ2v) is 5.15. The van der Waals surface area contributed by atoms with Gasteiger partial charge in [-0.2, -0.15) is 0 Å². The standard InChI is InChI=1S/C12H14.C5H12O/c1-9-7-11-5-3-4-6-12(11)8-10(9)2;1-3-5(6)4-2/h3-6H,7-8H2,1-2H3;5-6H,3-4H2,1-2H3. The second-order valence-electron chi connectivity index (χ2n) is 5.15. The number of hydrogen-bond acceptors (Lipinski definition) is 1. The zero-order chi connectivity index (χ0) is 13.5. The summed E-state index contributed by atoms with van der Waals surface area (Å²) in [6.45, 7) is 8.44. The van der Waals surface area contributed by atoms with Crippen molar-refractivity contribution in [2.75, 3.05) is 0 Å². The minimum atomic E-state index is -0.0648. The first-order chi connectivity index (χ1) is 8.58. The summed E-state index contributed by atoms with van der Waals surface area (Å²) in [6, 6.07) is 8.75. The third-order valence-corrected chi connectivity index (χ3v) is 3.70. The lowest BCUT2D eigenvalue weighted by atomic mass is 9.88. The van der Waals surface area contributed by atoms with Crippen LogP contribution in [0.3, 0.4) is 0 Å². The summed E-state index contributed by atoms with van der Waals surface area (Å²) in [5.74, 6) is 0. The third-order valence-electron chi connectivity index (χ3n) is 3.70. The molecule has 1 heteroatoms. The molecule has 1 aromatic carbocycles. The molecule has 1 aliphatic rings. The number of allylic oxidation sites excluding steroid dienone is 2. The monoisotopic (exact) mass is 246 g/mol. The van der Waals surface area contributed by atoms with Gasteiger partial charge in [0.15, 0.2) is 0 Å². The summed E-state index contributed by atoms with van der Waals surface area (Å²) < 4.78 is 0. The Morgan fingerprint density at radius 1 is 0.944 bits per heavy atom. The van der Waals surface area contributed by atoms with Gasteiger partial charge in [0.1, 0.15) is 0 Å². The fraction of sp³-hybridized carbons (Fsp3) is 0.529. The number of fused-ring (bicyclic) bond motifs is 1. The smallest absolute Gasteiger partial charge is 0.0535 e. The van der Waals surface area contributed by atoms with E-state index in [0.29, 0.717) is 0 Å². The van der Waals surface area contributed by atoms with Gasteiger partial charge in [-0.15, -0.1) is 0 Å². The molecule has 1 nitrogen and oxygen atoms in total.